The molecule has 0 unspecified atom stereocenters. The summed E-state index contributed by atoms with van der Waals surface area (Å²) in [5.41, 5.74) is 3.64. The van der Waals surface area contributed by atoms with Crippen molar-refractivity contribution in [2.24, 2.45) is 7.05 Å². The van der Waals surface area contributed by atoms with Gasteiger partial charge < -0.3 is 19.0 Å². The van der Waals surface area contributed by atoms with E-state index in [-0.39, 0.29) is 5.82 Å². The second kappa shape index (κ2) is 9.85. The number of nitrogens with zero attached hydrogens (tertiary/aromatic N) is 4. The molecule has 7 nitrogen and oxygen atoms in total. The van der Waals surface area contributed by atoms with Gasteiger partial charge in [0.25, 0.3) is 0 Å². The Morgan fingerprint density at radius 1 is 1.03 bits per heavy atom. The number of aromatic nitrogens is 4. The number of alkyl halides is 3. The smallest absolute Gasteiger partial charge is 0.434 e. The summed E-state index contributed by atoms with van der Waals surface area (Å²) >= 11 is 0. The number of imidazole rings is 1. The highest BCUT2D eigenvalue weighted by Crippen LogP contribution is 2.35. The van der Waals surface area contributed by atoms with Gasteiger partial charge in [-0.1, -0.05) is 44.2 Å². The number of halogens is 3. The molecule has 196 valence electrons. The van der Waals surface area contributed by atoms with Crippen LogP contribution < -0.4 is 10.1 Å². The molecule has 3 aromatic heterocycles. The standard InChI is InChI=1S/C28H26F3N5O2/c1-16(2)18-7-5-6-8-19(18)25-33-21-11-12-38-24(21)26(35-25)32-14-17-9-10-20(22(13-17)37-4)27-34-23(15-36(27)3)28(29,30)31/h5-13,15-16H,14H2,1-4H3,(H,32,33,35). The summed E-state index contributed by atoms with van der Waals surface area (Å²) in [5.74, 6) is 1.99. The van der Waals surface area contributed by atoms with E-state index in [9.17, 15) is 13.2 Å². The summed E-state index contributed by atoms with van der Waals surface area (Å²) in [4.78, 5) is 13.3. The van der Waals surface area contributed by atoms with Gasteiger partial charge in [0.1, 0.15) is 17.1 Å². The van der Waals surface area contributed by atoms with Crippen molar-refractivity contribution in [3.63, 3.8) is 0 Å². The third-order valence-corrected chi connectivity index (χ3v) is 6.26. The summed E-state index contributed by atoms with van der Waals surface area (Å²) in [6.45, 7) is 4.61. The second-order valence-corrected chi connectivity index (χ2v) is 9.22. The van der Waals surface area contributed by atoms with Crippen molar-refractivity contribution in [3.8, 4) is 28.5 Å². The van der Waals surface area contributed by atoms with Crippen LogP contribution >= 0.6 is 0 Å². The molecule has 0 fully saturated rings. The molecule has 0 aliphatic heterocycles. The lowest BCUT2D eigenvalue weighted by molar-refractivity contribution is -0.140. The number of hydrogen-bond acceptors (Lipinski definition) is 6. The van der Waals surface area contributed by atoms with E-state index in [0.717, 1.165) is 22.9 Å². The van der Waals surface area contributed by atoms with E-state index in [1.165, 1.54) is 18.7 Å². The predicted octanol–water partition coefficient (Wildman–Crippen LogP) is 7.05. The van der Waals surface area contributed by atoms with Gasteiger partial charge >= 0.3 is 6.18 Å². The summed E-state index contributed by atoms with van der Waals surface area (Å²) in [7, 11) is 2.99. The minimum Gasteiger partial charge on any atom is -0.496 e. The molecule has 5 aromatic rings. The van der Waals surface area contributed by atoms with E-state index >= 15 is 0 Å². The molecule has 38 heavy (non-hydrogen) atoms. The van der Waals surface area contributed by atoms with Gasteiger partial charge in [-0.2, -0.15) is 13.2 Å². The molecule has 0 amide bonds. The summed E-state index contributed by atoms with van der Waals surface area (Å²) in [6.07, 6.45) is -2.00. The first-order valence-corrected chi connectivity index (χ1v) is 12.0. The first-order valence-electron chi connectivity index (χ1n) is 12.0. The molecule has 2 aromatic carbocycles. The van der Waals surface area contributed by atoms with Crippen LogP contribution in [0.1, 0.15) is 36.6 Å². The zero-order valence-corrected chi connectivity index (χ0v) is 21.3. The van der Waals surface area contributed by atoms with Gasteiger partial charge in [-0.25, -0.2) is 15.0 Å². The van der Waals surface area contributed by atoms with Gasteiger partial charge in [-0.3, -0.25) is 0 Å². The van der Waals surface area contributed by atoms with Crippen LogP contribution in [0.5, 0.6) is 5.75 Å². The van der Waals surface area contributed by atoms with Crippen molar-refractivity contribution in [1.82, 2.24) is 19.5 Å². The van der Waals surface area contributed by atoms with Crippen LogP contribution in [0.15, 0.2) is 65.4 Å². The summed E-state index contributed by atoms with van der Waals surface area (Å²) < 4.78 is 52.0. The highest BCUT2D eigenvalue weighted by Gasteiger charge is 2.35. The highest BCUT2D eigenvalue weighted by atomic mass is 19.4. The fourth-order valence-corrected chi connectivity index (χ4v) is 4.38. The predicted molar refractivity (Wildman–Crippen MR) is 139 cm³/mol. The zero-order valence-electron chi connectivity index (χ0n) is 21.3. The monoisotopic (exact) mass is 521 g/mol. The maximum Gasteiger partial charge on any atom is 0.434 e. The van der Waals surface area contributed by atoms with E-state index in [4.69, 9.17) is 19.1 Å². The van der Waals surface area contributed by atoms with Crippen molar-refractivity contribution < 1.29 is 22.3 Å². The SMILES string of the molecule is COc1cc(CNc2nc(-c3ccccc3C(C)C)nc3ccoc23)ccc1-c1nc(C(F)(F)F)cn1C. The number of aryl methyl sites for hydroxylation is 1. The largest absolute Gasteiger partial charge is 0.496 e. The molecule has 0 aliphatic carbocycles. The molecule has 0 aliphatic rings. The molecule has 10 heteroatoms. The van der Waals surface area contributed by atoms with Crippen LogP contribution in [0.25, 0.3) is 33.9 Å². The molecule has 1 N–H and O–H groups in total. The Hall–Kier alpha value is -4.34. The Morgan fingerprint density at radius 2 is 1.82 bits per heavy atom. The number of methoxy groups -OCH3 is 1. The Labute approximate surface area is 217 Å². The fraction of sp³-hybridized carbons (Fsp3) is 0.250. The average Bonchev–Trinajstić information content (AvgIpc) is 3.53. The summed E-state index contributed by atoms with van der Waals surface area (Å²) in [5, 5.41) is 3.32. The van der Waals surface area contributed by atoms with Crippen molar-refractivity contribution in [2.75, 3.05) is 12.4 Å². The zero-order chi connectivity index (χ0) is 27.0. The van der Waals surface area contributed by atoms with Crippen LogP contribution in [-0.4, -0.2) is 26.6 Å². The van der Waals surface area contributed by atoms with Gasteiger partial charge in [0, 0.05) is 31.4 Å². The van der Waals surface area contributed by atoms with E-state index in [1.54, 1.807) is 24.5 Å². The lowest BCUT2D eigenvalue weighted by Crippen LogP contribution is -2.05. The van der Waals surface area contributed by atoms with Crippen LogP contribution in [0.2, 0.25) is 0 Å². The Balaban J connectivity index is 1.45. The quantitative estimate of drug-likeness (QED) is 0.247. The van der Waals surface area contributed by atoms with Crippen molar-refractivity contribution in [2.45, 2.75) is 32.5 Å². The van der Waals surface area contributed by atoms with E-state index in [0.29, 0.717) is 46.5 Å². The number of nitrogens with one attached hydrogen (secondary N) is 1. The number of anilines is 1. The van der Waals surface area contributed by atoms with E-state index in [1.807, 2.05) is 24.3 Å². The van der Waals surface area contributed by atoms with Crippen LogP contribution in [0.3, 0.4) is 0 Å². The minimum absolute atomic E-state index is 0.162. The minimum atomic E-state index is -4.53. The number of benzene rings is 2. The molecule has 0 atom stereocenters. The van der Waals surface area contributed by atoms with Crippen molar-refractivity contribution >= 4 is 16.9 Å². The topological polar surface area (TPSA) is 78.0 Å². The number of furan rings is 1. The van der Waals surface area contributed by atoms with Crippen molar-refractivity contribution in [3.05, 3.63) is 77.8 Å². The van der Waals surface area contributed by atoms with Gasteiger partial charge in [0.15, 0.2) is 22.9 Å². The van der Waals surface area contributed by atoms with E-state index in [2.05, 4.69) is 30.2 Å². The molecule has 0 spiro atoms. The first-order chi connectivity index (χ1) is 18.2. The molecule has 0 bridgehead atoms. The second-order valence-electron chi connectivity index (χ2n) is 9.22. The van der Waals surface area contributed by atoms with Crippen molar-refractivity contribution in [1.29, 1.82) is 0 Å². The van der Waals surface area contributed by atoms with E-state index < -0.39 is 11.9 Å². The lowest BCUT2D eigenvalue weighted by atomic mass is 9.97. The molecule has 0 radical (unpaired) electrons. The molecular weight excluding hydrogens is 495 g/mol. The third-order valence-electron chi connectivity index (χ3n) is 6.26. The van der Waals surface area contributed by atoms with Gasteiger partial charge in [0.05, 0.1) is 18.9 Å². The molecule has 0 saturated heterocycles. The highest BCUT2D eigenvalue weighted by molar-refractivity contribution is 5.86. The van der Waals surface area contributed by atoms with Gasteiger partial charge in [0.2, 0.25) is 0 Å². The third kappa shape index (κ3) is 4.81. The van der Waals surface area contributed by atoms with Crippen LogP contribution in [0.4, 0.5) is 19.0 Å². The molecule has 5 rings (SSSR count). The number of ether oxygens (including phenoxy) is 1. The maximum absolute atomic E-state index is 13.2. The van der Waals surface area contributed by atoms with Gasteiger partial charge in [-0.05, 0) is 29.2 Å². The molecule has 0 saturated carbocycles. The van der Waals surface area contributed by atoms with Crippen LogP contribution in [0, 0.1) is 0 Å². The number of rotatable bonds is 7. The fourth-order valence-electron chi connectivity index (χ4n) is 4.38. The van der Waals surface area contributed by atoms with Gasteiger partial charge in [-0.15, -0.1) is 0 Å². The average molecular weight is 522 g/mol. The summed E-state index contributed by atoms with van der Waals surface area (Å²) in [6, 6.07) is 15.1. The lowest BCUT2D eigenvalue weighted by Gasteiger charge is -2.14. The maximum atomic E-state index is 13.2. The Kier molecular flexibility index (Phi) is 6.56. The number of hydrogen-bond donors (Lipinski definition) is 1. The molecule has 3 heterocycles. The Bertz CT molecular complexity index is 1600. The normalized spacial score (nSPS) is 11.9. The van der Waals surface area contributed by atoms with Crippen LogP contribution in [-0.2, 0) is 19.8 Å². The number of fused-ring (bicyclic) bond motifs is 1. The Morgan fingerprint density at radius 3 is 2.53 bits per heavy atom. The first kappa shape index (κ1) is 25.3. The molecular formula is C28H26F3N5O2.